The minimum absolute atomic E-state index is 0.0476. The van der Waals surface area contributed by atoms with E-state index in [1.54, 1.807) is 18.5 Å². The smallest absolute Gasteiger partial charge is 0.253 e. The lowest BCUT2D eigenvalue weighted by atomic mass is 10.1. The van der Waals surface area contributed by atoms with Crippen LogP contribution in [0.4, 0.5) is 0 Å². The summed E-state index contributed by atoms with van der Waals surface area (Å²) in [5.74, 6) is -0.0476. The molecule has 1 aromatic heterocycles. The van der Waals surface area contributed by atoms with E-state index in [1.807, 2.05) is 12.1 Å². The molecule has 1 aromatic carbocycles. The van der Waals surface area contributed by atoms with Gasteiger partial charge in [-0.25, -0.2) is 0 Å². The van der Waals surface area contributed by atoms with Crippen molar-refractivity contribution in [1.82, 2.24) is 15.3 Å². The summed E-state index contributed by atoms with van der Waals surface area (Å²) < 4.78 is 0. The van der Waals surface area contributed by atoms with Crippen molar-refractivity contribution in [2.75, 3.05) is 0 Å². The molecular weight excluding hydrogens is 202 g/mol. The predicted molar refractivity (Wildman–Crippen MR) is 60.0 cm³/mol. The fourth-order valence-electron chi connectivity index (χ4n) is 1.67. The SMILES string of the molecule is O=C(NC1CC1)c1cccc2nccnc12. The molecule has 1 saturated carbocycles. The number of nitrogens with zero attached hydrogens (tertiary/aromatic N) is 2. The number of nitrogens with one attached hydrogen (secondary N) is 1. The molecule has 4 heteroatoms. The third kappa shape index (κ3) is 1.62. The molecule has 1 N–H and O–H groups in total. The average molecular weight is 213 g/mol. The normalized spacial score (nSPS) is 15.0. The molecule has 2 aromatic rings. The van der Waals surface area contributed by atoms with E-state index in [0.29, 0.717) is 17.1 Å². The minimum Gasteiger partial charge on any atom is -0.349 e. The van der Waals surface area contributed by atoms with Crippen molar-refractivity contribution >= 4 is 16.9 Å². The summed E-state index contributed by atoms with van der Waals surface area (Å²) >= 11 is 0. The summed E-state index contributed by atoms with van der Waals surface area (Å²) in [6, 6.07) is 5.84. The molecule has 1 aliphatic rings. The highest BCUT2D eigenvalue weighted by molar-refractivity contribution is 6.04. The van der Waals surface area contributed by atoms with E-state index in [0.717, 1.165) is 18.4 Å². The van der Waals surface area contributed by atoms with Crippen LogP contribution in [0.3, 0.4) is 0 Å². The Morgan fingerprint density at radius 1 is 1.25 bits per heavy atom. The first-order valence-electron chi connectivity index (χ1n) is 5.35. The van der Waals surface area contributed by atoms with Gasteiger partial charge < -0.3 is 5.32 Å². The Balaban J connectivity index is 2.04. The number of benzene rings is 1. The summed E-state index contributed by atoms with van der Waals surface area (Å²) in [7, 11) is 0. The zero-order chi connectivity index (χ0) is 11.0. The Hall–Kier alpha value is -1.97. The fourth-order valence-corrected chi connectivity index (χ4v) is 1.67. The number of hydrogen-bond acceptors (Lipinski definition) is 3. The second-order valence-corrected chi connectivity index (χ2v) is 3.98. The molecule has 0 radical (unpaired) electrons. The zero-order valence-electron chi connectivity index (χ0n) is 8.68. The van der Waals surface area contributed by atoms with Crippen LogP contribution in [0.25, 0.3) is 11.0 Å². The van der Waals surface area contributed by atoms with Crippen LogP contribution >= 0.6 is 0 Å². The first kappa shape index (κ1) is 9.27. The maximum Gasteiger partial charge on any atom is 0.253 e. The number of hydrogen-bond donors (Lipinski definition) is 1. The number of para-hydroxylation sites is 1. The van der Waals surface area contributed by atoms with Crippen molar-refractivity contribution in [3.8, 4) is 0 Å². The van der Waals surface area contributed by atoms with Crippen molar-refractivity contribution in [2.24, 2.45) is 0 Å². The lowest BCUT2D eigenvalue weighted by Crippen LogP contribution is -2.25. The highest BCUT2D eigenvalue weighted by Gasteiger charge is 2.24. The average Bonchev–Trinajstić information content (AvgIpc) is 3.12. The molecule has 0 spiro atoms. The molecule has 1 aliphatic carbocycles. The molecule has 4 nitrogen and oxygen atoms in total. The van der Waals surface area contributed by atoms with Crippen LogP contribution in [0.15, 0.2) is 30.6 Å². The van der Waals surface area contributed by atoms with Gasteiger partial charge in [-0.3, -0.25) is 14.8 Å². The third-order valence-electron chi connectivity index (χ3n) is 2.66. The van der Waals surface area contributed by atoms with Gasteiger partial charge in [0.2, 0.25) is 0 Å². The van der Waals surface area contributed by atoms with Crippen LogP contribution in [0.2, 0.25) is 0 Å². The number of fused-ring (bicyclic) bond motifs is 1. The van der Waals surface area contributed by atoms with Crippen LogP contribution in [0.1, 0.15) is 23.2 Å². The van der Waals surface area contributed by atoms with Gasteiger partial charge in [0.15, 0.2) is 0 Å². The number of amides is 1. The van der Waals surface area contributed by atoms with Crippen molar-refractivity contribution < 1.29 is 4.79 Å². The summed E-state index contributed by atoms with van der Waals surface area (Å²) in [5.41, 5.74) is 2.03. The van der Waals surface area contributed by atoms with E-state index in [2.05, 4.69) is 15.3 Å². The van der Waals surface area contributed by atoms with Crippen LogP contribution in [0, 0.1) is 0 Å². The summed E-state index contributed by atoms with van der Waals surface area (Å²) in [5, 5.41) is 2.96. The largest absolute Gasteiger partial charge is 0.349 e. The zero-order valence-corrected chi connectivity index (χ0v) is 8.68. The highest BCUT2D eigenvalue weighted by atomic mass is 16.1. The Kier molecular flexibility index (Phi) is 2.06. The Morgan fingerprint density at radius 2 is 2.06 bits per heavy atom. The van der Waals surface area contributed by atoms with Gasteiger partial charge in [-0.2, -0.15) is 0 Å². The Morgan fingerprint density at radius 3 is 2.88 bits per heavy atom. The molecular formula is C12H11N3O. The van der Waals surface area contributed by atoms with Gasteiger partial charge in [0.1, 0.15) is 5.52 Å². The van der Waals surface area contributed by atoms with Crippen molar-refractivity contribution in [1.29, 1.82) is 0 Å². The minimum atomic E-state index is -0.0476. The Bertz CT molecular complexity index is 543. The van der Waals surface area contributed by atoms with Gasteiger partial charge in [-0.05, 0) is 25.0 Å². The van der Waals surface area contributed by atoms with Crippen molar-refractivity contribution in [3.63, 3.8) is 0 Å². The first-order valence-corrected chi connectivity index (χ1v) is 5.35. The second kappa shape index (κ2) is 3.56. The number of carbonyl (C=O) groups excluding carboxylic acids is 1. The number of aromatic nitrogens is 2. The molecule has 1 heterocycles. The van der Waals surface area contributed by atoms with Gasteiger partial charge in [0.25, 0.3) is 5.91 Å². The van der Waals surface area contributed by atoms with Gasteiger partial charge in [0.05, 0.1) is 11.1 Å². The predicted octanol–water partition coefficient (Wildman–Crippen LogP) is 1.52. The molecule has 0 bridgehead atoms. The lowest BCUT2D eigenvalue weighted by Gasteiger charge is -2.05. The maximum atomic E-state index is 11.9. The van der Waals surface area contributed by atoms with Crippen LogP contribution in [-0.4, -0.2) is 21.9 Å². The molecule has 1 amide bonds. The maximum absolute atomic E-state index is 11.9. The van der Waals surface area contributed by atoms with Crippen molar-refractivity contribution in [3.05, 3.63) is 36.2 Å². The van der Waals surface area contributed by atoms with Crippen LogP contribution in [0.5, 0.6) is 0 Å². The van der Waals surface area contributed by atoms with Gasteiger partial charge in [-0.15, -0.1) is 0 Å². The monoisotopic (exact) mass is 213 g/mol. The Labute approximate surface area is 92.7 Å². The highest BCUT2D eigenvalue weighted by Crippen LogP contribution is 2.20. The standard InChI is InChI=1S/C12H11N3O/c16-12(15-8-4-5-8)9-2-1-3-10-11(9)14-7-6-13-10/h1-3,6-8H,4-5H2,(H,15,16). The topological polar surface area (TPSA) is 54.9 Å². The molecule has 3 rings (SSSR count). The fraction of sp³-hybridized carbons (Fsp3) is 0.250. The van der Waals surface area contributed by atoms with Crippen LogP contribution < -0.4 is 5.32 Å². The van der Waals surface area contributed by atoms with Gasteiger partial charge in [0, 0.05) is 18.4 Å². The molecule has 0 atom stereocenters. The first-order chi connectivity index (χ1) is 7.84. The van der Waals surface area contributed by atoms with Gasteiger partial charge >= 0.3 is 0 Å². The molecule has 80 valence electrons. The van der Waals surface area contributed by atoms with E-state index < -0.39 is 0 Å². The van der Waals surface area contributed by atoms with E-state index in [9.17, 15) is 4.79 Å². The van der Waals surface area contributed by atoms with E-state index in [-0.39, 0.29) is 5.91 Å². The molecule has 0 unspecified atom stereocenters. The van der Waals surface area contributed by atoms with E-state index in [1.165, 1.54) is 0 Å². The number of rotatable bonds is 2. The summed E-state index contributed by atoms with van der Waals surface area (Å²) in [4.78, 5) is 20.3. The molecule has 16 heavy (non-hydrogen) atoms. The summed E-state index contributed by atoms with van der Waals surface area (Å²) in [6.45, 7) is 0. The summed E-state index contributed by atoms with van der Waals surface area (Å²) in [6.07, 6.45) is 5.41. The van der Waals surface area contributed by atoms with E-state index in [4.69, 9.17) is 0 Å². The number of carbonyl (C=O) groups is 1. The lowest BCUT2D eigenvalue weighted by molar-refractivity contribution is 0.0952. The quantitative estimate of drug-likeness (QED) is 0.822. The molecule has 0 aliphatic heterocycles. The second-order valence-electron chi connectivity index (χ2n) is 3.98. The van der Waals surface area contributed by atoms with E-state index >= 15 is 0 Å². The molecule has 0 saturated heterocycles. The van der Waals surface area contributed by atoms with Gasteiger partial charge in [-0.1, -0.05) is 6.07 Å². The van der Waals surface area contributed by atoms with Crippen molar-refractivity contribution in [2.45, 2.75) is 18.9 Å². The third-order valence-corrected chi connectivity index (χ3v) is 2.66. The van der Waals surface area contributed by atoms with Crippen LogP contribution in [-0.2, 0) is 0 Å². The molecule has 1 fully saturated rings.